The molecule has 5 nitrogen and oxygen atoms in total. The van der Waals surface area contributed by atoms with Gasteiger partial charge in [0.1, 0.15) is 12.4 Å². The van der Waals surface area contributed by atoms with Crippen molar-refractivity contribution in [2.75, 3.05) is 32.8 Å². The highest BCUT2D eigenvalue weighted by Gasteiger charge is 2.25. The average Bonchev–Trinajstić information content (AvgIpc) is 2.96. The summed E-state index contributed by atoms with van der Waals surface area (Å²) in [5.41, 5.74) is 0. The lowest BCUT2D eigenvalue weighted by Crippen LogP contribution is -2.40. The first kappa shape index (κ1) is 15.5. The minimum atomic E-state index is -0.969. The first-order valence-corrected chi connectivity index (χ1v) is 6.81. The molecule has 1 aromatic rings. The van der Waals surface area contributed by atoms with Crippen molar-refractivity contribution < 1.29 is 23.4 Å². The van der Waals surface area contributed by atoms with Gasteiger partial charge in [-0.25, -0.2) is 13.6 Å². The van der Waals surface area contributed by atoms with Gasteiger partial charge in [0.05, 0.1) is 6.54 Å². The summed E-state index contributed by atoms with van der Waals surface area (Å²) in [5.74, 6) is -1.54. The fraction of sp³-hybridized carbons (Fsp3) is 0.500. The average molecular weight is 300 g/mol. The predicted molar refractivity (Wildman–Crippen MR) is 72.0 cm³/mol. The van der Waals surface area contributed by atoms with Crippen molar-refractivity contribution in [3.63, 3.8) is 0 Å². The van der Waals surface area contributed by atoms with Crippen LogP contribution in [0.3, 0.4) is 0 Å². The molecule has 2 N–H and O–H groups in total. The van der Waals surface area contributed by atoms with Crippen LogP contribution < -0.4 is 10.1 Å². The Morgan fingerprint density at radius 3 is 2.90 bits per heavy atom. The molecule has 1 aliphatic heterocycles. The lowest BCUT2D eigenvalue weighted by atomic mass is 10.1. The number of aliphatic hydroxyl groups is 1. The minimum Gasteiger partial charge on any atom is -0.492 e. The van der Waals surface area contributed by atoms with Gasteiger partial charge in [0.25, 0.3) is 0 Å². The van der Waals surface area contributed by atoms with Gasteiger partial charge in [-0.15, -0.1) is 0 Å². The zero-order valence-electron chi connectivity index (χ0n) is 11.5. The van der Waals surface area contributed by atoms with E-state index in [1.54, 1.807) is 4.90 Å². The van der Waals surface area contributed by atoms with E-state index >= 15 is 0 Å². The molecule has 116 valence electrons. The van der Waals surface area contributed by atoms with Gasteiger partial charge < -0.3 is 20.1 Å². The maximum Gasteiger partial charge on any atom is 0.317 e. The van der Waals surface area contributed by atoms with Gasteiger partial charge in [-0.05, 0) is 18.6 Å². The third kappa shape index (κ3) is 4.29. The lowest BCUT2D eigenvalue weighted by Gasteiger charge is -2.17. The largest absolute Gasteiger partial charge is 0.492 e. The number of aliphatic hydroxyl groups excluding tert-OH is 1. The van der Waals surface area contributed by atoms with Crippen LogP contribution in [0.25, 0.3) is 0 Å². The second kappa shape index (κ2) is 7.21. The fourth-order valence-electron chi connectivity index (χ4n) is 2.17. The Kier molecular flexibility index (Phi) is 5.32. The van der Waals surface area contributed by atoms with Crippen molar-refractivity contribution in [1.29, 1.82) is 0 Å². The van der Waals surface area contributed by atoms with E-state index in [2.05, 4.69) is 5.32 Å². The summed E-state index contributed by atoms with van der Waals surface area (Å²) in [6.07, 6.45) is 0.801. The highest BCUT2D eigenvalue weighted by molar-refractivity contribution is 5.74. The molecule has 1 atom stereocenters. The number of ether oxygens (including phenoxy) is 1. The van der Waals surface area contributed by atoms with E-state index in [0.717, 1.165) is 18.6 Å². The molecule has 7 heteroatoms. The zero-order chi connectivity index (χ0) is 15.2. The molecule has 2 rings (SSSR count). The number of halogens is 2. The normalized spacial score (nSPS) is 17.9. The number of nitrogens with zero attached hydrogens (tertiary/aromatic N) is 1. The molecule has 1 saturated heterocycles. The molecule has 21 heavy (non-hydrogen) atoms. The van der Waals surface area contributed by atoms with E-state index in [1.165, 1.54) is 6.07 Å². The van der Waals surface area contributed by atoms with Crippen molar-refractivity contribution >= 4 is 6.03 Å². The Morgan fingerprint density at radius 2 is 2.24 bits per heavy atom. The molecule has 2 amide bonds. The number of likely N-dealkylation sites (tertiary alicyclic amines) is 1. The van der Waals surface area contributed by atoms with E-state index in [0.29, 0.717) is 13.1 Å². The summed E-state index contributed by atoms with van der Waals surface area (Å²) in [7, 11) is 0. The summed E-state index contributed by atoms with van der Waals surface area (Å²) in [4.78, 5) is 13.4. The number of carbonyl (C=O) groups excluding carboxylic acids is 1. The summed E-state index contributed by atoms with van der Waals surface area (Å²) in [5, 5.41) is 11.7. The Morgan fingerprint density at radius 1 is 1.43 bits per heavy atom. The van der Waals surface area contributed by atoms with Crippen LogP contribution in [0.15, 0.2) is 18.2 Å². The number of hydrogen-bond donors (Lipinski definition) is 2. The first-order valence-electron chi connectivity index (χ1n) is 6.81. The predicted octanol–water partition coefficient (Wildman–Crippen LogP) is 1.37. The van der Waals surface area contributed by atoms with Gasteiger partial charge >= 0.3 is 6.03 Å². The number of carbonyl (C=O) groups is 1. The Bertz CT molecular complexity index is 499. The Hall–Kier alpha value is -1.89. The topological polar surface area (TPSA) is 61.8 Å². The summed E-state index contributed by atoms with van der Waals surface area (Å²) in [6, 6.07) is 3.07. The maximum atomic E-state index is 12.9. The van der Waals surface area contributed by atoms with Crippen LogP contribution in [-0.4, -0.2) is 48.9 Å². The highest BCUT2D eigenvalue weighted by atomic mass is 19.2. The molecule has 1 aliphatic rings. The van der Waals surface area contributed by atoms with Crippen molar-refractivity contribution in [3.8, 4) is 5.75 Å². The van der Waals surface area contributed by atoms with E-state index in [9.17, 15) is 13.6 Å². The number of nitrogens with one attached hydrogen (secondary N) is 1. The van der Waals surface area contributed by atoms with E-state index in [-0.39, 0.29) is 37.5 Å². The second-order valence-corrected chi connectivity index (χ2v) is 4.94. The molecule has 1 fully saturated rings. The fourth-order valence-corrected chi connectivity index (χ4v) is 2.17. The van der Waals surface area contributed by atoms with Crippen LogP contribution in [0, 0.1) is 17.6 Å². The van der Waals surface area contributed by atoms with Gasteiger partial charge in [-0.1, -0.05) is 0 Å². The van der Waals surface area contributed by atoms with Crippen LogP contribution in [0.2, 0.25) is 0 Å². The quantitative estimate of drug-likeness (QED) is 0.807. The second-order valence-electron chi connectivity index (χ2n) is 4.94. The summed E-state index contributed by atoms with van der Waals surface area (Å²) >= 11 is 0. The van der Waals surface area contributed by atoms with Crippen LogP contribution in [0.1, 0.15) is 6.42 Å². The minimum absolute atomic E-state index is 0.0863. The lowest BCUT2D eigenvalue weighted by molar-refractivity contribution is 0.195. The van der Waals surface area contributed by atoms with Gasteiger partial charge in [0.15, 0.2) is 11.6 Å². The molecule has 1 heterocycles. The van der Waals surface area contributed by atoms with Crippen molar-refractivity contribution in [2.45, 2.75) is 6.42 Å². The van der Waals surface area contributed by atoms with Gasteiger partial charge in [-0.2, -0.15) is 0 Å². The Labute approximate surface area is 121 Å². The molecular formula is C14H18F2N2O3. The van der Waals surface area contributed by atoms with Gasteiger partial charge in [0.2, 0.25) is 0 Å². The molecule has 1 aromatic carbocycles. The highest BCUT2D eigenvalue weighted by Crippen LogP contribution is 2.16. The van der Waals surface area contributed by atoms with Crippen molar-refractivity contribution in [3.05, 3.63) is 29.8 Å². The number of hydrogen-bond acceptors (Lipinski definition) is 3. The summed E-state index contributed by atoms with van der Waals surface area (Å²) in [6.45, 7) is 1.68. The SMILES string of the molecule is O=C(NCCOc1ccc(F)c(F)c1)N1CCC(CO)C1. The van der Waals surface area contributed by atoms with Crippen molar-refractivity contribution in [1.82, 2.24) is 10.2 Å². The maximum absolute atomic E-state index is 12.9. The van der Waals surface area contributed by atoms with Crippen LogP contribution in [0.4, 0.5) is 13.6 Å². The smallest absolute Gasteiger partial charge is 0.317 e. The number of amides is 2. The van der Waals surface area contributed by atoms with Gasteiger partial charge in [-0.3, -0.25) is 0 Å². The molecule has 0 spiro atoms. The number of benzene rings is 1. The molecule has 0 saturated carbocycles. The zero-order valence-corrected chi connectivity index (χ0v) is 11.5. The molecular weight excluding hydrogens is 282 g/mol. The first-order chi connectivity index (χ1) is 10.1. The molecule has 0 aliphatic carbocycles. The van der Waals surface area contributed by atoms with Crippen LogP contribution in [0.5, 0.6) is 5.75 Å². The molecule has 1 unspecified atom stereocenters. The van der Waals surface area contributed by atoms with Crippen LogP contribution in [-0.2, 0) is 0 Å². The van der Waals surface area contributed by atoms with Crippen molar-refractivity contribution in [2.24, 2.45) is 5.92 Å². The van der Waals surface area contributed by atoms with E-state index < -0.39 is 11.6 Å². The monoisotopic (exact) mass is 300 g/mol. The standard InChI is InChI=1S/C14H18F2N2O3/c15-12-2-1-11(7-13(12)16)21-6-4-17-14(20)18-5-3-10(8-18)9-19/h1-2,7,10,19H,3-6,8-9H2,(H,17,20). The molecule has 0 bridgehead atoms. The summed E-state index contributed by atoms with van der Waals surface area (Å²) < 4.78 is 30.9. The van der Waals surface area contributed by atoms with Crippen LogP contribution >= 0.6 is 0 Å². The van der Waals surface area contributed by atoms with E-state index in [4.69, 9.17) is 9.84 Å². The van der Waals surface area contributed by atoms with Gasteiger partial charge in [0, 0.05) is 31.7 Å². The third-order valence-corrected chi connectivity index (χ3v) is 3.37. The van der Waals surface area contributed by atoms with E-state index in [1.807, 2.05) is 0 Å². The molecule has 0 radical (unpaired) electrons. The number of urea groups is 1. The molecule has 0 aromatic heterocycles. The third-order valence-electron chi connectivity index (χ3n) is 3.37. The Balaban J connectivity index is 1.67. The number of rotatable bonds is 5.